The topological polar surface area (TPSA) is 193 Å². The van der Waals surface area contributed by atoms with Gasteiger partial charge in [0, 0.05) is 24.2 Å². The van der Waals surface area contributed by atoms with Gasteiger partial charge in [0.15, 0.2) is 5.78 Å². The highest BCUT2D eigenvalue weighted by Crippen LogP contribution is 2.36. The lowest BCUT2D eigenvalue weighted by Gasteiger charge is -2.24. The van der Waals surface area contributed by atoms with Crippen molar-refractivity contribution in [2.45, 2.75) is 20.4 Å². The van der Waals surface area contributed by atoms with Gasteiger partial charge < -0.3 is 25.5 Å². The summed E-state index contributed by atoms with van der Waals surface area (Å²) < 4.78 is 0. The van der Waals surface area contributed by atoms with Crippen LogP contribution in [0.1, 0.15) is 29.2 Å². The second-order valence-corrected chi connectivity index (χ2v) is 10.2. The third kappa shape index (κ3) is 8.96. The molecule has 12 nitrogen and oxygen atoms in total. The van der Waals surface area contributed by atoms with Gasteiger partial charge in [-0.2, -0.15) is 0 Å². The van der Waals surface area contributed by atoms with Gasteiger partial charge in [-0.3, -0.25) is 33.8 Å². The number of carboxylic acids is 4. The largest absolute Gasteiger partial charge is 0.507 e. The monoisotopic (exact) mass is 592 g/mol. The Morgan fingerprint density at radius 3 is 1.72 bits per heavy atom. The Bertz CT molecular complexity index is 1510. The highest BCUT2D eigenvalue weighted by molar-refractivity contribution is 6.11. The molecule has 0 saturated heterocycles. The molecular formula is C31H32N2O10. The van der Waals surface area contributed by atoms with E-state index in [0.717, 1.165) is 10.5 Å². The van der Waals surface area contributed by atoms with E-state index in [0.29, 0.717) is 27.8 Å². The molecule has 0 unspecified atom stereocenters. The average molecular weight is 593 g/mol. The number of hydrogen-bond donors (Lipinski definition) is 5. The van der Waals surface area contributed by atoms with Crippen LogP contribution in [-0.4, -0.2) is 97.7 Å². The van der Waals surface area contributed by atoms with Gasteiger partial charge in [0.25, 0.3) is 0 Å². The molecule has 0 fully saturated rings. The molecule has 1 aliphatic carbocycles. The van der Waals surface area contributed by atoms with Crippen LogP contribution in [0.25, 0.3) is 5.57 Å². The number of Topliss-reactive ketones (excluding diaryl/α,β-unsaturated/α-hetero) is 1. The van der Waals surface area contributed by atoms with Gasteiger partial charge >= 0.3 is 23.9 Å². The number of phenols is 1. The Kier molecular flexibility index (Phi) is 10.7. The number of aromatic hydroxyl groups is 1. The second-order valence-electron chi connectivity index (χ2n) is 10.2. The molecule has 0 bridgehead atoms. The molecule has 0 radical (unpaired) electrons. The summed E-state index contributed by atoms with van der Waals surface area (Å²) in [4.78, 5) is 60.9. The third-order valence-electron chi connectivity index (χ3n) is 6.59. The lowest BCUT2D eigenvalue weighted by Crippen LogP contribution is -2.37. The van der Waals surface area contributed by atoms with Crippen LogP contribution in [0.4, 0.5) is 0 Å². The molecule has 5 N–H and O–H groups in total. The summed E-state index contributed by atoms with van der Waals surface area (Å²) >= 11 is 0. The van der Waals surface area contributed by atoms with E-state index < -0.39 is 50.1 Å². The fraction of sp³-hybridized carbons (Fsp3) is 0.258. The number of ketones is 1. The first-order chi connectivity index (χ1) is 20.2. The first-order valence-corrected chi connectivity index (χ1v) is 13.1. The summed E-state index contributed by atoms with van der Waals surface area (Å²) in [5, 5.41) is 47.9. The minimum Gasteiger partial charge on any atom is -0.507 e. The zero-order valence-electron chi connectivity index (χ0n) is 23.6. The molecule has 2 aromatic rings. The Morgan fingerprint density at radius 1 is 0.698 bits per heavy atom. The number of carboxylic acid groups (broad SMARTS) is 4. The van der Waals surface area contributed by atoms with E-state index in [-0.39, 0.29) is 35.8 Å². The van der Waals surface area contributed by atoms with E-state index in [1.54, 1.807) is 38.1 Å². The number of allylic oxidation sites excluding steroid dienone is 4. The Hall–Kier alpha value is -5.07. The van der Waals surface area contributed by atoms with E-state index >= 15 is 0 Å². The third-order valence-corrected chi connectivity index (χ3v) is 6.59. The summed E-state index contributed by atoms with van der Waals surface area (Å²) in [6, 6.07) is 12.4. The molecule has 0 saturated carbocycles. The standard InChI is InChI=1S/C31H32N2O10/c1-18-8-21(10-23(30(18)42)12-32(14-25(34)35)15-26(36)37)29(20-6-4-3-5-7-20)22-9-19(2)31(43)24(11-22)13-33(16-27(38)39)17-28(40)41/h3-11,42H,12-17H2,1-2H3,(H,34,35)(H,36,37)(H,38,39)(H,40,41)/b29-22-. The summed E-state index contributed by atoms with van der Waals surface area (Å²) in [7, 11) is 0. The number of aliphatic carboxylic acids is 4. The highest BCUT2D eigenvalue weighted by atomic mass is 16.4. The van der Waals surface area contributed by atoms with Crippen molar-refractivity contribution in [1.29, 1.82) is 0 Å². The van der Waals surface area contributed by atoms with E-state index in [1.165, 1.54) is 4.90 Å². The molecule has 2 aromatic carbocycles. The van der Waals surface area contributed by atoms with E-state index in [4.69, 9.17) is 0 Å². The lowest BCUT2D eigenvalue weighted by atomic mass is 9.85. The van der Waals surface area contributed by atoms with Gasteiger partial charge in [0.1, 0.15) is 5.75 Å². The number of rotatable bonds is 14. The highest BCUT2D eigenvalue weighted by Gasteiger charge is 2.25. The molecule has 0 atom stereocenters. The van der Waals surface area contributed by atoms with Crippen LogP contribution in [0.2, 0.25) is 0 Å². The van der Waals surface area contributed by atoms with Crippen molar-refractivity contribution in [3.8, 4) is 5.75 Å². The zero-order valence-corrected chi connectivity index (χ0v) is 23.6. The van der Waals surface area contributed by atoms with Gasteiger partial charge in [-0.15, -0.1) is 0 Å². The predicted octanol–water partition coefficient (Wildman–Crippen LogP) is 2.40. The number of benzene rings is 2. The fourth-order valence-electron chi connectivity index (χ4n) is 4.91. The van der Waals surface area contributed by atoms with E-state index in [9.17, 15) is 49.5 Å². The Labute approximate surface area is 247 Å². The molecule has 43 heavy (non-hydrogen) atoms. The molecule has 12 heteroatoms. The summed E-state index contributed by atoms with van der Waals surface area (Å²) in [5.74, 6) is -5.44. The molecule has 226 valence electrons. The molecule has 3 rings (SSSR count). The van der Waals surface area contributed by atoms with Crippen LogP contribution >= 0.6 is 0 Å². The molecule has 0 aromatic heterocycles. The van der Waals surface area contributed by atoms with Crippen LogP contribution in [0.15, 0.2) is 71.3 Å². The van der Waals surface area contributed by atoms with Gasteiger partial charge in [-0.05, 0) is 71.5 Å². The van der Waals surface area contributed by atoms with Gasteiger partial charge in [0.05, 0.1) is 26.2 Å². The number of nitrogens with zero attached hydrogens (tertiary/aromatic N) is 2. The predicted molar refractivity (Wildman–Crippen MR) is 154 cm³/mol. The quantitative estimate of drug-likeness (QED) is 0.215. The summed E-state index contributed by atoms with van der Waals surface area (Å²) in [6.45, 7) is 0.526. The maximum absolute atomic E-state index is 13.1. The minimum atomic E-state index is -1.25. The Morgan fingerprint density at radius 2 is 1.21 bits per heavy atom. The van der Waals surface area contributed by atoms with E-state index in [1.807, 2.05) is 30.3 Å². The smallest absolute Gasteiger partial charge is 0.317 e. The number of carbonyl (C=O) groups is 5. The van der Waals surface area contributed by atoms with E-state index in [2.05, 4.69) is 0 Å². The molecule has 0 heterocycles. The minimum absolute atomic E-state index is 0.123. The number of carbonyl (C=O) groups excluding carboxylic acids is 1. The van der Waals surface area contributed by atoms with Gasteiger partial charge in [-0.25, -0.2) is 0 Å². The van der Waals surface area contributed by atoms with Crippen molar-refractivity contribution in [3.05, 3.63) is 93.6 Å². The first-order valence-electron chi connectivity index (χ1n) is 13.1. The number of phenolic OH excluding ortho intramolecular Hbond substituents is 1. The van der Waals surface area contributed by atoms with Gasteiger partial charge in [0.2, 0.25) is 0 Å². The average Bonchev–Trinajstić information content (AvgIpc) is 2.89. The number of hydrogen-bond acceptors (Lipinski definition) is 8. The molecule has 0 spiro atoms. The van der Waals surface area contributed by atoms with Crippen molar-refractivity contribution < 1.29 is 49.5 Å². The van der Waals surface area contributed by atoms with Gasteiger partial charge in [-0.1, -0.05) is 30.3 Å². The van der Waals surface area contributed by atoms with Crippen molar-refractivity contribution >= 4 is 35.2 Å². The molecule has 1 aliphatic rings. The molecule has 0 amide bonds. The number of aryl methyl sites for hydroxylation is 1. The van der Waals surface area contributed by atoms with Crippen molar-refractivity contribution in [1.82, 2.24) is 9.80 Å². The maximum atomic E-state index is 13.1. The summed E-state index contributed by atoms with van der Waals surface area (Å²) in [5.41, 5.74) is 3.76. The fourth-order valence-corrected chi connectivity index (χ4v) is 4.91. The second kappa shape index (κ2) is 14.2. The normalized spacial score (nSPS) is 14.4. The first kappa shape index (κ1) is 32.4. The molecular weight excluding hydrogens is 560 g/mol. The van der Waals surface area contributed by atoms with Crippen molar-refractivity contribution in [2.24, 2.45) is 0 Å². The maximum Gasteiger partial charge on any atom is 0.317 e. The van der Waals surface area contributed by atoms with Crippen LogP contribution in [-0.2, 0) is 30.5 Å². The lowest BCUT2D eigenvalue weighted by molar-refractivity contribution is -0.143. The van der Waals surface area contributed by atoms with Crippen LogP contribution in [0, 0.1) is 6.92 Å². The summed E-state index contributed by atoms with van der Waals surface area (Å²) in [6.07, 6.45) is 3.24. The zero-order chi connectivity index (χ0) is 31.8. The van der Waals surface area contributed by atoms with Crippen LogP contribution in [0.5, 0.6) is 5.75 Å². The Balaban J connectivity index is 2.22. The van der Waals surface area contributed by atoms with Crippen molar-refractivity contribution in [2.75, 3.05) is 32.7 Å². The van der Waals surface area contributed by atoms with Crippen molar-refractivity contribution in [3.63, 3.8) is 0 Å². The van der Waals surface area contributed by atoms with Crippen LogP contribution < -0.4 is 0 Å². The molecule has 0 aliphatic heterocycles. The van der Waals surface area contributed by atoms with Crippen LogP contribution in [0.3, 0.4) is 0 Å². The SMILES string of the molecule is CC1=C/C(=C(\c2ccccc2)c2cc(C)c(O)c(CN(CC(=O)O)CC(=O)O)c2)C=C(CN(CC(=O)O)CC(=O)O)C1=O.